The monoisotopic (exact) mass is 314 g/mol. The lowest BCUT2D eigenvalue weighted by Gasteiger charge is -2.15. The summed E-state index contributed by atoms with van der Waals surface area (Å²) in [5, 5.41) is 6.62. The lowest BCUT2D eigenvalue weighted by Crippen LogP contribution is -2.31. The molecule has 1 aromatic carbocycles. The Balaban J connectivity index is 2.57. The van der Waals surface area contributed by atoms with Crippen LogP contribution in [0.25, 0.3) is 0 Å². The minimum Gasteiger partial charge on any atom is -0.483 e. The lowest BCUT2D eigenvalue weighted by atomic mass is 10.2. The van der Waals surface area contributed by atoms with E-state index in [2.05, 4.69) is 24.5 Å². The van der Waals surface area contributed by atoms with Crippen LogP contribution in [0.2, 0.25) is 5.02 Å². The number of benzene rings is 1. The number of rotatable bonds is 9. The number of carbonyl (C=O) groups excluding carboxylic acids is 1. The van der Waals surface area contributed by atoms with E-state index in [0.717, 1.165) is 5.56 Å². The molecule has 2 N–H and O–H groups in total. The van der Waals surface area contributed by atoms with Crippen LogP contribution in [0.15, 0.2) is 18.2 Å². The highest BCUT2D eigenvalue weighted by atomic mass is 35.5. The van der Waals surface area contributed by atoms with E-state index in [4.69, 9.17) is 21.1 Å². The van der Waals surface area contributed by atoms with E-state index in [-0.39, 0.29) is 12.5 Å². The molecule has 0 radical (unpaired) electrons. The zero-order valence-corrected chi connectivity index (χ0v) is 13.5. The highest BCUT2D eigenvalue weighted by Gasteiger charge is 2.10. The normalized spacial score (nSPS) is 10.7. The number of hydrogen-bond acceptors (Lipinski definition) is 4. The SMILES string of the molecule is COCCNC(=O)COc1cccc(Cl)c1CNC(C)C. The molecule has 1 amide bonds. The van der Waals surface area contributed by atoms with Gasteiger partial charge in [-0.05, 0) is 12.1 Å². The first-order valence-corrected chi connectivity index (χ1v) is 7.31. The quantitative estimate of drug-likeness (QED) is 0.684. The molecule has 5 nitrogen and oxygen atoms in total. The summed E-state index contributed by atoms with van der Waals surface area (Å²) in [6.07, 6.45) is 0. The highest BCUT2D eigenvalue weighted by Crippen LogP contribution is 2.26. The van der Waals surface area contributed by atoms with Gasteiger partial charge in [0, 0.05) is 36.8 Å². The Morgan fingerprint density at radius 3 is 2.81 bits per heavy atom. The van der Waals surface area contributed by atoms with Crippen LogP contribution in [0, 0.1) is 0 Å². The van der Waals surface area contributed by atoms with E-state index in [0.29, 0.717) is 36.5 Å². The lowest BCUT2D eigenvalue weighted by molar-refractivity contribution is -0.123. The van der Waals surface area contributed by atoms with Gasteiger partial charge in [-0.25, -0.2) is 0 Å². The molecule has 6 heteroatoms. The summed E-state index contributed by atoms with van der Waals surface area (Å²) >= 11 is 6.19. The van der Waals surface area contributed by atoms with Crippen LogP contribution >= 0.6 is 11.6 Å². The maximum Gasteiger partial charge on any atom is 0.258 e. The van der Waals surface area contributed by atoms with Gasteiger partial charge in [0.15, 0.2) is 6.61 Å². The smallest absolute Gasteiger partial charge is 0.258 e. The molecular weight excluding hydrogens is 292 g/mol. The van der Waals surface area contributed by atoms with Crippen LogP contribution in [0.1, 0.15) is 19.4 Å². The second-order valence-electron chi connectivity index (χ2n) is 4.88. The molecule has 0 aliphatic carbocycles. The third kappa shape index (κ3) is 6.80. The van der Waals surface area contributed by atoms with Gasteiger partial charge in [-0.1, -0.05) is 31.5 Å². The second-order valence-corrected chi connectivity index (χ2v) is 5.29. The predicted octanol–water partition coefficient (Wildman–Crippen LogP) is 1.98. The first-order valence-electron chi connectivity index (χ1n) is 6.93. The van der Waals surface area contributed by atoms with Crippen LogP contribution in [0.3, 0.4) is 0 Å². The maximum absolute atomic E-state index is 11.6. The van der Waals surface area contributed by atoms with Crippen molar-refractivity contribution in [3.05, 3.63) is 28.8 Å². The molecule has 0 spiro atoms. The van der Waals surface area contributed by atoms with Crippen molar-refractivity contribution in [2.24, 2.45) is 0 Å². The van der Waals surface area contributed by atoms with E-state index in [1.807, 2.05) is 12.1 Å². The topological polar surface area (TPSA) is 59.6 Å². The van der Waals surface area contributed by atoms with Crippen molar-refractivity contribution >= 4 is 17.5 Å². The molecule has 0 atom stereocenters. The summed E-state index contributed by atoms with van der Waals surface area (Å²) in [4.78, 5) is 11.6. The van der Waals surface area contributed by atoms with Crippen molar-refractivity contribution in [1.82, 2.24) is 10.6 Å². The fourth-order valence-corrected chi connectivity index (χ4v) is 1.87. The van der Waals surface area contributed by atoms with Crippen LogP contribution in [0.4, 0.5) is 0 Å². The maximum atomic E-state index is 11.6. The summed E-state index contributed by atoms with van der Waals surface area (Å²) in [7, 11) is 1.59. The van der Waals surface area contributed by atoms with Crippen LogP contribution in [-0.4, -0.2) is 38.8 Å². The first kappa shape index (κ1) is 17.8. The minimum absolute atomic E-state index is 0.0429. The van der Waals surface area contributed by atoms with Crippen LogP contribution < -0.4 is 15.4 Å². The molecule has 0 saturated heterocycles. The molecule has 0 fully saturated rings. The Kier molecular flexibility index (Phi) is 8.12. The van der Waals surface area contributed by atoms with Gasteiger partial charge in [-0.3, -0.25) is 4.79 Å². The van der Waals surface area contributed by atoms with Gasteiger partial charge in [0.2, 0.25) is 0 Å². The Labute approximate surface area is 131 Å². The van der Waals surface area contributed by atoms with E-state index >= 15 is 0 Å². The summed E-state index contributed by atoms with van der Waals surface area (Å²) in [6, 6.07) is 5.77. The zero-order chi connectivity index (χ0) is 15.7. The molecule has 21 heavy (non-hydrogen) atoms. The van der Waals surface area contributed by atoms with E-state index < -0.39 is 0 Å². The van der Waals surface area contributed by atoms with Gasteiger partial charge < -0.3 is 20.1 Å². The van der Waals surface area contributed by atoms with Crippen molar-refractivity contribution < 1.29 is 14.3 Å². The highest BCUT2D eigenvalue weighted by molar-refractivity contribution is 6.31. The molecule has 0 aliphatic rings. The predicted molar refractivity (Wildman–Crippen MR) is 83.8 cm³/mol. The third-order valence-corrected chi connectivity index (χ3v) is 3.10. The zero-order valence-electron chi connectivity index (χ0n) is 12.7. The average Bonchev–Trinajstić information content (AvgIpc) is 2.44. The van der Waals surface area contributed by atoms with E-state index in [9.17, 15) is 4.79 Å². The number of carbonyl (C=O) groups is 1. The molecule has 0 heterocycles. The average molecular weight is 315 g/mol. The summed E-state index contributed by atoms with van der Waals surface area (Å²) in [5.41, 5.74) is 0.859. The van der Waals surface area contributed by atoms with Crippen molar-refractivity contribution in [2.45, 2.75) is 26.4 Å². The van der Waals surface area contributed by atoms with Crippen molar-refractivity contribution in [2.75, 3.05) is 26.9 Å². The van der Waals surface area contributed by atoms with E-state index in [1.165, 1.54) is 0 Å². The number of halogens is 1. The number of nitrogens with one attached hydrogen (secondary N) is 2. The van der Waals surface area contributed by atoms with Crippen LogP contribution in [0.5, 0.6) is 5.75 Å². The standard InChI is InChI=1S/C15H23ClN2O3/c1-11(2)18-9-12-13(16)5-4-6-14(12)21-10-15(19)17-7-8-20-3/h4-6,11,18H,7-10H2,1-3H3,(H,17,19). The Morgan fingerprint density at radius 2 is 2.14 bits per heavy atom. The van der Waals surface area contributed by atoms with Gasteiger partial charge >= 0.3 is 0 Å². The molecule has 0 aromatic heterocycles. The Morgan fingerprint density at radius 1 is 1.38 bits per heavy atom. The molecule has 1 aromatic rings. The van der Waals surface area contributed by atoms with Gasteiger partial charge in [0.25, 0.3) is 5.91 Å². The summed E-state index contributed by atoms with van der Waals surface area (Å²) in [5.74, 6) is 0.437. The van der Waals surface area contributed by atoms with E-state index in [1.54, 1.807) is 13.2 Å². The Bertz CT molecular complexity index is 453. The molecule has 0 bridgehead atoms. The molecule has 0 unspecified atom stereocenters. The third-order valence-electron chi connectivity index (χ3n) is 2.75. The van der Waals surface area contributed by atoms with Crippen molar-refractivity contribution in [3.63, 3.8) is 0 Å². The number of amides is 1. The molecule has 0 aliphatic heterocycles. The van der Waals surface area contributed by atoms with Gasteiger partial charge in [0.05, 0.1) is 6.61 Å². The molecular formula is C15H23ClN2O3. The van der Waals surface area contributed by atoms with Crippen molar-refractivity contribution in [3.8, 4) is 5.75 Å². The Hall–Kier alpha value is -1.30. The first-order chi connectivity index (χ1) is 10.0. The number of hydrogen-bond donors (Lipinski definition) is 2. The van der Waals surface area contributed by atoms with Crippen molar-refractivity contribution in [1.29, 1.82) is 0 Å². The second kappa shape index (κ2) is 9.60. The van der Waals surface area contributed by atoms with Gasteiger partial charge in [-0.2, -0.15) is 0 Å². The molecule has 1 rings (SSSR count). The molecule has 0 saturated carbocycles. The van der Waals surface area contributed by atoms with Gasteiger partial charge in [-0.15, -0.1) is 0 Å². The largest absolute Gasteiger partial charge is 0.483 e. The number of ether oxygens (including phenoxy) is 2. The van der Waals surface area contributed by atoms with Gasteiger partial charge in [0.1, 0.15) is 5.75 Å². The summed E-state index contributed by atoms with van der Waals surface area (Å²) in [6.45, 7) is 5.61. The van der Waals surface area contributed by atoms with Crippen LogP contribution in [-0.2, 0) is 16.1 Å². The number of methoxy groups -OCH3 is 1. The minimum atomic E-state index is -0.185. The fraction of sp³-hybridized carbons (Fsp3) is 0.533. The summed E-state index contributed by atoms with van der Waals surface area (Å²) < 4.78 is 10.4. The molecule has 118 valence electrons. The fourth-order valence-electron chi connectivity index (χ4n) is 1.64.